The summed E-state index contributed by atoms with van der Waals surface area (Å²) in [5.41, 5.74) is 1.09. The molecule has 1 saturated carbocycles. The SMILES string of the molecule is COCc1nc(N(C)C(C)CCSC)sc1CNC1CC1. The van der Waals surface area contributed by atoms with Crippen LogP contribution in [0.3, 0.4) is 0 Å². The number of hydrogen-bond acceptors (Lipinski definition) is 6. The summed E-state index contributed by atoms with van der Waals surface area (Å²) in [4.78, 5) is 8.43. The normalized spacial score (nSPS) is 16.2. The molecule has 4 nitrogen and oxygen atoms in total. The quantitative estimate of drug-likeness (QED) is 0.714. The fourth-order valence-corrected chi connectivity index (χ4v) is 3.76. The predicted molar refractivity (Wildman–Crippen MR) is 93.6 cm³/mol. The molecule has 1 aromatic rings. The van der Waals surface area contributed by atoms with E-state index < -0.39 is 0 Å². The zero-order chi connectivity index (χ0) is 15.2. The highest BCUT2D eigenvalue weighted by atomic mass is 32.2. The molecule has 120 valence electrons. The molecule has 0 aromatic carbocycles. The molecular formula is C15H27N3OS2. The lowest BCUT2D eigenvalue weighted by molar-refractivity contribution is 0.181. The summed E-state index contributed by atoms with van der Waals surface area (Å²) in [5.74, 6) is 1.19. The zero-order valence-electron chi connectivity index (χ0n) is 13.5. The number of nitrogens with zero attached hydrogens (tertiary/aromatic N) is 2. The molecule has 0 aliphatic heterocycles. The van der Waals surface area contributed by atoms with Crippen LogP contribution >= 0.6 is 23.1 Å². The van der Waals surface area contributed by atoms with Crippen molar-refractivity contribution >= 4 is 28.2 Å². The molecular weight excluding hydrogens is 302 g/mol. The summed E-state index contributed by atoms with van der Waals surface area (Å²) >= 11 is 3.71. The minimum atomic E-state index is 0.517. The maximum absolute atomic E-state index is 5.30. The summed E-state index contributed by atoms with van der Waals surface area (Å²) < 4.78 is 5.30. The van der Waals surface area contributed by atoms with Gasteiger partial charge in [-0.05, 0) is 38.2 Å². The Bertz CT molecular complexity index is 435. The van der Waals surface area contributed by atoms with E-state index in [4.69, 9.17) is 9.72 Å². The standard InChI is InChI=1S/C15H27N3OS2/c1-11(7-8-20-4)18(2)15-17-13(10-19-3)14(21-15)9-16-12-5-6-12/h11-12,16H,5-10H2,1-4H3. The monoisotopic (exact) mass is 329 g/mol. The third-order valence-electron chi connectivity index (χ3n) is 3.88. The van der Waals surface area contributed by atoms with E-state index in [9.17, 15) is 0 Å². The molecule has 0 bridgehead atoms. The molecule has 1 heterocycles. The fourth-order valence-electron chi connectivity index (χ4n) is 2.10. The van der Waals surface area contributed by atoms with Crippen molar-refractivity contribution in [2.45, 2.75) is 51.4 Å². The Hall–Kier alpha value is -0.300. The first kappa shape index (κ1) is 17.1. The van der Waals surface area contributed by atoms with Gasteiger partial charge in [-0.1, -0.05) is 0 Å². The van der Waals surface area contributed by atoms with Gasteiger partial charge in [0.05, 0.1) is 12.3 Å². The highest BCUT2D eigenvalue weighted by Gasteiger charge is 2.22. The second kappa shape index (κ2) is 8.36. The van der Waals surface area contributed by atoms with Gasteiger partial charge in [-0.15, -0.1) is 11.3 Å². The number of methoxy groups -OCH3 is 1. The molecule has 1 atom stereocenters. The third kappa shape index (κ3) is 5.13. The van der Waals surface area contributed by atoms with Crippen LogP contribution in [0.15, 0.2) is 0 Å². The number of rotatable bonds is 10. The summed E-state index contributed by atoms with van der Waals surface area (Å²) in [6.45, 7) is 3.80. The lowest BCUT2D eigenvalue weighted by atomic mass is 10.2. The number of ether oxygens (including phenoxy) is 1. The Morgan fingerprint density at radius 3 is 2.90 bits per heavy atom. The van der Waals surface area contributed by atoms with Gasteiger partial charge in [0.15, 0.2) is 5.13 Å². The third-order valence-corrected chi connectivity index (χ3v) is 5.71. The fraction of sp³-hybridized carbons (Fsp3) is 0.800. The topological polar surface area (TPSA) is 37.4 Å². The highest BCUT2D eigenvalue weighted by Crippen LogP contribution is 2.29. The molecule has 0 saturated heterocycles. The van der Waals surface area contributed by atoms with E-state index in [1.807, 2.05) is 11.8 Å². The molecule has 1 aliphatic carbocycles. The van der Waals surface area contributed by atoms with E-state index >= 15 is 0 Å². The Morgan fingerprint density at radius 2 is 2.29 bits per heavy atom. The van der Waals surface area contributed by atoms with Crippen LogP contribution in [0.4, 0.5) is 5.13 Å². The van der Waals surface area contributed by atoms with Crippen LogP contribution < -0.4 is 10.2 Å². The van der Waals surface area contributed by atoms with Gasteiger partial charge in [0.25, 0.3) is 0 Å². The van der Waals surface area contributed by atoms with Crippen molar-refractivity contribution in [3.8, 4) is 0 Å². The first-order valence-corrected chi connectivity index (χ1v) is 9.79. The van der Waals surface area contributed by atoms with Crippen molar-refractivity contribution in [2.75, 3.05) is 31.1 Å². The van der Waals surface area contributed by atoms with Crippen LogP contribution in [-0.4, -0.2) is 43.2 Å². The van der Waals surface area contributed by atoms with E-state index in [-0.39, 0.29) is 0 Å². The van der Waals surface area contributed by atoms with Crippen LogP contribution in [0.25, 0.3) is 0 Å². The van der Waals surface area contributed by atoms with Gasteiger partial charge in [-0.2, -0.15) is 11.8 Å². The first-order chi connectivity index (χ1) is 10.2. The number of thioether (sulfide) groups is 1. The molecule has 6 heteroatoms. The summed E-state index contributed by atoms with van der Waals surface area (Å²) in [6, 6.07) is 1.24. The van der Waals surface area contributed by atoms with Crippen LogP contribution in [-0.2, 0) is 17.9 Å². The lowest BCUT2D eigenvalue weighted by Crippen LogP contribution is -2.29. The molecule has 1 unspecified atom stereocenters. The minimum Gasteiger partial charge on any atom is -0.378 e. The number of hydrogen-bond donors (Lipinski definition) is 1. The summed E-state index contributed by atoms with van der Waals surface area (Å²) in [5, 5.41) is 4.69. The van der Waals surface area contributed by atoms with Crippen molar-refractivity contribution in [2.24, 2.45) is 0 Å². The van der Waals surface area contributed by atoms with Gasteiger partial charge in [0.1, 0.15) is 0 Å². The maximum atomic E-state index is 5.30. The van der Waals surface area contributed by atoms with Gasteiger partial charge in [0, 0.05) is 37.7 Å². The van der Waals surface area contributed by atoms with Crippen LogP contribution in [0.2, 0.25) is 0 Å². The van der Waals surface area contributed by atoms with E-state index in [0.717, 1.165) is 23.4 Å². The predicted octanol–water partition coefficient (Wildman–Crippen LogP) is 3.12. The van der Waals surface area contributed by atoms with Crippen LogP contribution in [0.1, 0.15) is 36.8 Å². The molecule has 1 N–H and O–H groups in total. The molecule has 1 fully saturated rings. The summed E-state index contributed by atoms with van der Waals surface area (Å²) in [7, 11) is 3.89. The van der Waals surface area contributed by atoms with Crippen molar-refractivity contribution in [3.63, 3.8) is 0 Å². The zero-order valence-corrected chi connectivity index (χ0v) is 15.1. The Morgan fingerprint density at radius 1 is 1.52 bits per heavy atom. The molecule has 1 aromatic heterocycles. The Labute approximate surface area is 136 Å². The molecule has 0 spiro atoms. The average Bonchev–Trinajstić information content (AvgIpc) is 3.23. The van der Waals surface area contributed by atoms with E-state index in [2.05, 4.69) is 30.4 Å². The maximum Gasteiger partial charge on any atom is 0.185 e. The van der Waals surface area contributed by atoms with Crippen molar-refractivity contribution < 1.29 is 4.74 Å². The van der Waals surface area contributed by atoms with E-state index in [1.165, 1.54) is 29.9 Å². The lowest BCUT2D eigenvalue weighted by Gasteiger charge is -2.23. The van der Waals surface area contributed by atoms with Crippen molar-refractivity contribution in [3.05, 3.63) is 10.6 Å². The van der Waals surface area contributed by atoms with Crippen LogP contribution in [0, 0.1) is 0 Å². The minimum absolute atomic E-state index is 0.517. The van der Waals surface area contributed by atoms with E-state index in [0.29, 0.717) is 12.6 Å². The van der Waals surface area contributed by atoms with Crippen LogP contribution in [0.5, 0.6) is 0 Å². The molecule has 0 radical (unpaired) electrons. The smallest absolute Gasteiger partial charge is 0.185 e. The Kier molecular flexibility index (Phi) is 6.79. The highest BCUT2D eigenvalue weighted by molar-refractivity contribution is 7.98. The largest absolute Gasteiger partial charge is 0.378 e. The molecule has 0 amide bonds. The second-order valence-corrected chi connectivity index (χ2v) is 7.74. The second-order valence-electron chi connectivity index (χ2n) is 5.70. The van der Waals surface area contributed by atoms with Gasteiger partial charge in [-0.25, -0.2) is 4.98 Å². The number of aromatic nitrogens is 1. The molecule has 21 heavy (non-hydrogen) atoms. The van der Waals surface area contributed by atoms with Gasteiger partial charge >= 0.3 is 0 Å². The van der Waals surface area contributed by atoms with E-state index in [1.54, 1.807) is 18.4 Å². The number of thiazole rings is 1. The van der Waals surface area contributed by atoms with Gasteiger partial charge in [-0.3, -0.25) is 0 Å². The molecule has 2 rings (SSSR count). The van der Waals surface area contributed by atoms with Gasteiger partial charge < -0.3 is 15.0 Å². The first-order valence-electron chi connectivity index (χ1n) is 7.58. The van der Waals surface area contributed by atoms with Gasteiger partial charge in [0.2, 0.25) is 0 Å². The molecule has 1 aliphatic rings. The Balaban J connectivity index is 2.01. The van der Waals surface area contributed by atoms with Crippen molar-refractivity contribution in [1.82, 2.24) is 10.3 Å². The summed E-state index contributed by atoms with van der Waals surface area (Å²) in [6.07, 6.45) is 5.98. The van der Waals surface area contributed by atoms with Crippen molar-refractivity contribution in [1.29, 1.82) is 0 Å². The number of anilines is 1. The average molecular weight is 330 g/mol. The number of nitrogens with one attached hydrogen (secondary N) is 1.